The number of nitrogens with zero attached hydrogens (tertiary/aromatic N) is 5. The van der Waals surface area contributed by atoms with Gasteiger partial charge < -0.3 is 26.3 Å². The number of amides is 2. The maximum atomic E-state index is 12.9. The van der Waals surface area contributed by atoms with E-state index in [9.17, 15) is 24.7 Å². The number of carboxylic acid groups (broad SMARTS) is 1. The van der Waals surface area contributed by atoms with Crippen molar-refractivity contribution in [1.82, 2.24) is 20.1 Å². The number of nitrogens with two attached hydrogens (primary N) is 1. The van der Waals surface area contributed by atoms with E-state index in [1.165, 1.54) is 33.8 Å². The molecule has 16 heteroatoms. The molecule has 2 amide bonds. The normalized spacial score (nSPS) is 25.0. The van der Waals surface area contributed by atoms with E-state index in [1.807, 2.05) is 0 Å². The third-order valence-electron chi connectivity index (χ3n) is 5.50. The fraction of sp³-hybridized carbons (Fsp3) is 0.444. The lowest BCUT2D eigenvalue weighted by Crippen LogP contribution is -2.71. The molecular weight excluding hydrogens is 523 g/mol. The summed E-state index contributed by atoms with van der Waals surface area (Å²) in [6.07, 6.45) is 0. The summed E-state index contributed by atoms with van der Waals surface area (Å²) in [5.74, 6) is -1.08. The van der Waals surface area contributed by atoms with Crippen molar-refractivity contribution in [2.24, 2.45) is 10.1 Å². The zero-order valence-corrected chi connectivity index (χ0v) is 20.7. The van der Waals surface area contributed by atoms with Gasteiger partial charge in [0.05, 0.1) is 6.54 Å². The molecule has 34 heavy (non-hydrogen) atoms. The van der Waals surface area contributed by atoms with Crippen molar-refractivity contribution in [3.63, 3.8) is 0 Å². The molecule has 12 nitrogen and oxygen atoms in total. The molecule has 4 aliphatic rings. The highest BCUT2D eigenvalue weighted by atomic mass is 32.2. The first-order valence-electron chi connectivity index (χ1n) is 10.1. The second-order valence-electron chi connectivity index (χ2n) is 7.62. The van der Waals surface area contributed by atoms with Gasteiger partial charge in [0.1, 0.15) is 22.8 Å². The number of nitrogen functional groups attached to an aromatic ring is 1. The van der Waals surface area contributed by atoms with Crippen LogP contribution in [-0.4, -0.2) is 102 Å². The number of aromatic nitrogens is 1. The number of oxime groups is 1. The molecule has 2 fully saturated rings. The Morgan fingerprint density at radius 1 is 1.35 bits per heavy atom. The lowest BCUT2D eigenvalue weighted by atomic mass is 10.0. The minimum atomic E-state index is -1.17. The summed E-state index contributed by atoms with van der Waals surface area (Å²) in [5, 5.41) is 27.0. The van der Waals surface area contributed by atoms with Crippen LogP contribution in [0.15, 0.2) is 26.1 Å². The van der Waals surface area contributed by atoms with Crippen LogP contribution in [0, 0.1) is 0 Å². The number of thiazole rings is 1. The van der Waals surface area contributed by atoms with Crippen molar-refractivity contribution in [3.8, 4) is 0 Å². The van der Waals surface area contributed by atoms with E-state index in [1.54, 1.807) is 11.8 Å². The number of anilines is 1. The first-order chi connectivity index (χ1) is 16.4. The summed E-state index contributed by atoms with van der Waals surface area (Å²) < 4.78 is 0. The molecule has 0 bridgehead atoms. The largest absolute Gasteiger partial charge is 0.477 e. The van der Waals surface area contributed by atoms with Gasteiger partial charge in [-0.2, -0.15) is 0 Å². The molecule has 0 aromatic carbocycles. The van der Waals surface area contributed by atoms with Gasteiger partial charge >= 0.3 is 5.97 Å². The summed E-state index contributed by atoms with van der Waals surface area (Å²) in [6.45, 7) is 2.41. The lowest BCUT2D eigenvalue weighted by molar-refractivity contribution is -0.150. The SMILES string of the molecule is Nc1nc(/C(=N/O)C(=O)N[C@@H]2C(=O)N3C(C(=O)O)=C(SC4CN(C5=NCCS5)C4)CS[C@H]23)cs1. The number of likely N-dealkylation sites (tertiary alicyclic amines) is 1. The molecule has 5 heterocycles. The highest BCUT2D eigenvalue weighted by molar-refractivity contribution is 8.14. The molecule has 0 unspecified atom stereocenters. The lowest BCUT2D eigenvalue weighted by Gasteiger charge is -2.50. The number of β-lactam (4-membered cyclic amide) rings is 1. The Kier molecular flexibility index (Phi) is 6.39. The second-order valence-corrected chi connectivity index (χ2v) is 12.1. The van der Waals surface area contributed by atoms with Crippen LogP contribution < -0.4 is 11.1 Å². The molecule has 0 spiro atoms. The van der Waals surface area contributed by atoms with E-state index in [0.29, 0.717) is 10.7 Å². The number of carbonyl (C=O) groups excluding carboxylic acids is 2. The molecule has 4 aliphatic heterocycles. The van der Waals surface area contributed by atoms with Gasteiger partial charge in [-0.25, -0.2) is 9.78 Å². The van der Waals surface area contributed by atoms with Crippen molar-refractivity contribution in [3.05, 3.63) is 21.7 Å². The molecule has 0 radical (unpaired) electrons. The van der Waals surface area contributed by atoms with E-state index in [2.05, 4.69) is 25.3 Å². The van der Waals surface area contributed by atoms with Gasteiger partial charge in [0.2, 0.25) is 0 Å². The Bertz CT molecular complexity index is 1150. The zero-order chi connectivity index (χ0) is 24.0. The van der Waals surface area contributed by atoms with Crippen LogP contribution >= 0.6 is 46.6 Å². The van der Waals surface area contributed by atoms with Crippen LogP contribution in [0.2, 0.25) is 0 Å². The number of nitrogens with one attached hydrogen (secondary N) is 1. The Hall–Kier alpha value is -2.43. The number of fused-ring (bicyclic) bond motifs is 1. The molecule has 2 atom stereocenters. The molecule has 1 aromatic rings. The summed E-state index contributed by atoms with van der Waals surface area (Å²) in [7, 11) is 0. The van der Waals surface area contributed by atoms with Crippen LogP contribution in [0.4, 0.5) is 5.13 Å². The van der Waals surface area contributed by atoms with Gasteiger partial charge in [0, 0.05) is 40.1 Å². The highest BCUT2D eigenvalue weighted by Gasteiger charge is 2.55. The minimum Gasteiger partial charge on any atom is -0.477 e. The fourth-order valence-electron chi connectivity index (χ4n) is 3.89. The van der Waals surface area contributed by atoms with Crippen LogP contribution in [0.5, 0.6) is 0 Å². The quantitative estimate of drug-likeness (QED) is 0.167. The summed E-state index contributed by atoms with van der Waals surface area (Å²) >= 11 is 5.69. The summed E-state index contributed by atoms with van der Waals surface area (Å²) in [6, 6.07) is -0.942. The van der Waals surface area contributed by atoms with Gasteiger partial charge in [-0.3, -0.25) is 19.5 Å². The van der Waals surface area contributed by atoms with E-state index in [-0.39, 0.29) is 27.5 Å². The third kappa shape index (κ3) is 4.12. The van der Waals surface area contributed by atoms with E-state index < -0.39 is 29.2 Å². The third-order valence-corrected chi connectivity index (χ3v) is 9.92. The number of aliphatic carboxylic acids is 1. The number of hydrogen-bond acceptors (Lipinski definition) is 13. The van der Waals surface area contributed by atoms with Crippen molar-refractivity contribution in [2.75, 3.05) is 36.9 Å². The molecular formula is C18H19N7O5S4. The van der Waals surface area contributed by atoms with Gasteiger partial charge in [-0.05, 0) is 0 Å². The number of aliphatic imine (C=N–C) groups is 1. The van der Waals surface area contributed by atoms with Crippen LogP contribution in [0.25, 0.3) is 0 Å². The number of rotatable bonds is 6. The second kappa shape index (κ2) is 9.31. The number of carbonyl (C=O) groups is 3. The van der Waals surface area contributed by atoms with Crippen LogP contribution in [0.3, 0.4) is 0 Å². The Morgan fingerprint density at radius 2 is 2.15 bits per heavy atom. The predicted molar refractivity (Wildman–Crippen MR) is 132 cm³/mol. The molecule has 5 N–H and O–H groups in total. The molecule has 5 rings (SSSR count). The first-order valence-corrected chi connectivity index (χ1v) is 13.9. The number of thioether (sulfide) groups is 3. The molecule has 0 aliphatic carbocycles. The smallest absolute Gasteiger partial charge is 0.353 e. The van der Waals surface area contributed by atoms with Crippen molar-refractivity contribution in [2.45, 2.75) is 16.7 Å². The highest BCUT2D eigenvalue weighted by Crippen LogP contribution is 2.45. The predicted octanol–water partition coefficient (Wildman–Crippen LogP) is 0.120. The molecule has 180 valence electrons. The monoisotopic (exact) mass is 541 g/mol. The molecule has 2 saturated heterocycles. The van der Waals surface area contributed by atoms with Crippen LogP contribution in [0.1, 0.15) is 5.69 Å². The number of hydrogen-bond donors (Lipinski definition) is 4. The number of amidine groups is 1. The van der Waals surface area contributed by atoms with Crippen molar-refractivity contribution < 1.29 is 24.7 Å². The van der Waals surface area contributed by atoms with Crippen molar-refractivity contribution in [1.29, 1.82) is 0 Å². The Balaban J connectivity index is 1.25. The molecule has 0 saturated carbocycles. The van der Waals surface area contributed by atoms with Gasteiger partial charge in [-0.15, -0.1) is 34.9 Å². The summed E-state index contributed by atoms with van der Waals surface area (Å²) in [5.41, 5.74) is 5.25. The van der Waals surface area contributed by atoms with E-state index in [0.717, 1.165) is 41.9 Å². The zero-order valence-electron chi connectivity index (χ0n) is 17.4. The van der Waals surface area contributed by atoms with Gasteiger partial charge in [-0.1, -0.05) is 16.9 Å². The Morgan fingerprint density at radius 3 is 2.76 bits per heavy atom. The minimum absolute atomic E-state index is 0.0291. The van der Waals surface area contributed by atoms with Crippen LogP contribution in [-0.2, 0) is 14.4 Å². The maximum absolute atomic E-state index is 12.9. The summed E-state index contributed by atoms with van der Waals surface area (Å²) in [4.78, 5) is 50.0. The molecule has 1 aromatic heterocycles. The van der Waals surface area contributed by atoms with Crippen molar-refractivity contribution >= 4 is 80.4 Å². The number of carboxylic acids is 1. The average Bonchev–Trinajstić information content (AvgIpc) is 3.46. The van der Waals surface area contributed by atoms with Gasteiger partial charge in [0.25, 0.3) is 11.8 Å². The fourth-order valence-corrected chi connectivity index (χ4v) is 8.19. The van der Waals surface area contributed by atoms with E-state index >= 15 is 0 Å². The topological polar surface area (TPSA) is 174 Å². The maximum Gasteiger partial charge on any atom is 0.353 e. The first kappa shape index (κ1) is 23.3. The van der Waals surface area contributed by atoms with Gasteiger partial charge in [0.15, 0.2) is 16.0 Å². The Labute approximate surface area is 210 Å². The standard InChI is InChI=1S/C18H19N7O5S4/c19-17-21-8(5-33-17)10(23-30)13(26)22-11-14(27)25-12(16(28)29)9(6-32-15(11)25)34-7-3-24(4-7)18-20-1-2-31-18/h5,7,11,15,30H,1-4,6H2,(H2,19,21)(H,22,26)(H,28,29)/b23-10-/t11-,15-/m1/s1. The van der Waals surface area contributed by atoms with E-state index in [4.69, 9.17) is 5.73 Å². The average molecular weight is 542 g/mol.